The molecule has 3 saturated carbocycles. The van der Waals surface area contributed by atoms with E-state index in [0.717, 1.165) is 31.9 Å². The highest BCUT2D eigenvalue weighted by molar-refractivity contribution is 5.92. The summed E-state index contributed by atoms with van der Waals surface area (Å²) < 4.78 is 13.6. The average molecular weight is 381 g/mol. The third-order valence-corrected chi connectivity index (χ3v) is 6.23. The standard InChI is InChI=1S/C20H20FN5O2/c21-12-5-13-14(7-24-19(13)23-6-12)15-8-22-9-16(25-15)26-18-11-3-1-10(2-4-11)17(18)20(27)28/h5-11,17-18H,1-4H2,(H,23,24)(H,25,26)(H,27,28). The molecule has 0 saturated heterocycles. The van der Waals surface area contributed by atoms with E-state index in [4.69, 9.17) is 0 Å². The van der Waals surface area contributed by atoms with Gasteiger partial charge in [-0.3, -0.25) is 9.78 Å². The smallest absolute Gasteiger partial charge is 0.308 e. The van der Waals surface area contributed by atoms with E-state index in [1.54, 1.807) is 18.6 Å². The van der Waals surface area contributed by atoms with E-state index in [2.05, 4.69) is 25.3 Å². The normalized spacial score (nSPS) is 26.5. The fourth-order valence-corrected chi connectivity index (χ4v) is 4.94. The van der Waals surface area contributed by atoms with E-state index in [-0.39, 0.29) is 12.0 Å². The van der Waals surface area contributed by atoms with Crippen LogP contribution in [-0.4, -0.2) is 37.1 Å². The zero-order valence-corrected chi connectivity index (χ0v) is 15.1. The summed E-state index contributed by atoms with van der Waals surface area (Å²) in [5.74, 6) is -0.460. The number of fused-ring (bicyclic) bond motifs is 4. The third-order valence-electron chi connectivity index (χ3n) is 6.23. The van der Waals surface area contributed by atoms with Gasteiger partial charge in [0.2, 0.25) is 0 Å². The second kappa shape index (κ2) is 6.54. The largest absolute Gasteiger partial charge is 0.481 e. The molecule has 3 aromatic rings. The van der Waals surface area contributed by atoms with Crippen LogP contribution in [0.5, 0.6) is 0 Å². The van der Waals surface area contributed by atoms with Gasteiger partial charge in [-0.15, -0.1) is 0 Å². The van der Waals surface area contributed by atoms with Crippen LogP contribution in [0.3, 0.4) is 0 Å². The molecule has 6 rings (SSSR count). The number of nitrogens with zero attached hydrogens (tertiary/aromatic N) is 3. The van der Waals surface area contributed by atoms with Crippen molar-refractivity contribution in [2.75, 3.05) is 5.32 Å². The fourth-order valence-electron chi connectivity index (χ4n) is 4.94. The van der Waals surface area contributed by atoms with Crippen LogP contribution in [-0.2, 0) is 4.79 Å². The Bertz CT molecular complexity index is 1040. The molecule has 2 unspecified atom stereocenters. The van der Waals surface area contributed by atoms with Crippen LogP contribution in [0.4, 0.5) is 10.2 Å². The van der Waals surface area contributed by atoms with Crippen LogP contribution in [0, 0.1) is 23.6 Å². The van der Waals surface area contributed by atoms with Crippen molar-refractivity contribution in [1.82, 2.24) is 19.9 Å². The van der Waals surface area contributed by atoms with Gasteiger partial charge in [0.15, 0.2) is 0 Å². The van der Waals surface area contributed by atoms with Crippen LogP contribution in [0.15, 0.2) is 30.9 Å². The molecular weight excluding hydrogens is 361 g/mol. The Kier molecular flexibility index (Phi) is 3.99. The molecule has 2 atom stereocenters. The Morgan fingerprint density at radius 2 is 1.96 bits per heavy atom. The van der Waals surface area contributed by atoms with Crippen molar-refractivity contribution in [3.05, 3.63) is 36.7 Å². The zero-order chi connectivity index (χ0) is 19.3. The molecule has 0 amide bonds. The highest BCUT2D eigenvalue weighted by atomic mass is 19.1. The molecule has 3 aliphatic carbocycles. The van der Waals surface area contributed by atoms with Crippen molar-refractivity contribution < 1.29 is 14.3 Å². The van der Waals surface area contributed by atoms with Gasteiger partial charge < -0.3 is 15.4 Å². The quantitative estimate of drug-likeness (QED) is 0.639. The Morgan fingerprint density at radius 1 is 1.18 bits per heavy atom. The lowest BCUT2D eigenvalue weighted by Gasteiger charge is -2.47. The maximum atomic E-state index is 13.6. The second-order valence-electron chi connectivity index (χ2n) is 7.75. The minimum absolute atomic E-state index is 0.142. The first kappa shape index (κ1) is 17.1. The summed E-state index contributed by atoms with van der Waals surface area (Å²) in [6, 6.07) is 1.27. The summed E-state index contributed by atoms with van der Waals surface area (Å²) in [4.78, 5) is 27.8. The fraction of sp³-hybridized carbons (Fsp3) is 0.400. The van der Waals surface area contributed by atoms with Crippen LogP contribution < -0.4 is 5.32 Å². The molecule has 0 aromatic carbocycles. The first-order chi connectivity index (χ1) is 13.6. The number of hydrogen-bond acceptors (Lipinski definition) is 5. The lowest BCUT2D eigenvalue weighted by atomic mass is 9.61. The number of aromatic amines is 1. The molecule has 3 aromatic heterocycles. The Balaban J connectivity index is 1.47. The summed E-state index contributed by atoms with van der Waals surface area (Å²) in [7, 11) is 0. The van der Waals surface area contributed by atoms with Crippen molar-refractivity contribution in [2.24, 2.45) is 17.8 Å². The maximum absolute atomic E-state index is 13.6. The number of aliphatic carboxylic acids is 1. The van der Waals surface area contributed by atoms with Gasteiger partial charge >= 0.3 is 5.97 Å². The molecule has 3 heterocycles. The minimum atomic E-state index is -0.741. The number of anilines is 1. The number of halogens is 1. The minimum Gasteiger partial charge on any atom is -0.481 e. The molecule has 3 aliphatic rings. The van der Waals surface area contributed by atoms with Gasteiger partial charge in [-0.2, -0.15) is 0 Å². The van der Waals surface area contributed by atoms with Gasteiger partial charge in [0.05, 0.1) is 30.2 Å². The number of rotatable bonds is 4. The van der Waals surface area contributed by atoms with E-state index in [1.165, 1.54) is 6.07 Å². The highest BCUT2D eigenvalue weighted by Gasteiger charge is 2.47. The van der Waals surface area contributed by atoms with Crippen molar-refractivity contribution in [3.8, 4) is 11.3 Å². The molecule has 3 N–H and O–H groups in total. The number of hydrogen-bond donors (Lipinski definition) is 3. The topological polar surface area (TPSA) is 104 Å². The van der Waals surface area contributed by atoms with E-state index < -0.39 is 17.7 Å². The van der Waals surface area contributed by atoms with Gasteiger partial charge in [-0.05, 0) is 43.6 Å². The molecule has 144 valence electrons. The molecule has 7 nitrogen and oxygen atoms in total. The predicted octanol–water partition coefficient (Wildman–Crippen LogP) is 3.46. The van der Waals surface area contributed by atoms with E-state index in [1.807, 2.05) is 0 Å². The molecule has 0 aliphatic heterocycles. The Labute approximate surface area is 160 Å². The maximum Gasteiger partial charge on any atom is 0.308 e. The highest BCUT2D eigenvalue weighted by Crippen LogP contribution is 2.46. The summed E-state index contributed by atoms with van der Waals surface area (Å²) in [5.41, 5.74) is 1.86. The van der Waals surface area contributed by atoms with Gasteiger partial charge in [0, 0.05) is 23.2 Å². The second-order valence-corrected chi connectivity index (χ2v) is 7.75. The zero-order valence-electron chi connectivity index (χ0n) is 15.1. The number of pyridine rings is 1. The van der Waals surface area contributed by atoms with E-state index in [0.29, 0.717) is 34.0 Å². The molecule has 0 radical (unpaired) electrons. The monoisotopic (exact) mass is 381 g/mol. The van der Waals surface area contributed by atoms with Crippen LogP contribution >= 0.6 is 0 Å². The predicted molar refractivity (Wildman–Crippen MR) is 101 cm³/mol. The molecule has 0 spiro atoms. The van der Waals surface area contributed by atoms with Gasteiger partial charge in [0.1, 0.15) is 17.3 Å². The SMILES string of the molecule is O=C(O)C1C2CCC(CC2)C1Nc1cncc(-c2c[nH]c3ncc(F)cc23)n1. The van der Waals surface area contributed by atoms with Gasteiger partial charge in [-0.25, -0.2) is 14.4 Å². The van der Waals surface area contributed by atoms with E-state index >= 15 is 0 Å². The van der Waals surface area contributed by atoms with E-state index in [9.17, 15) is 14.3 Å². The number of nitrogens with one attached hydrogen (secondary N) is 2. The third kappa shape index (κ3) is 2.80. The molecule has 3 fully saturated rings. The molecule has 8 heteroatoms. The molecule has 28 heavy (non-hydrogen) atoms. The summed E-state index contributed by atoms with van der Waals surface area (Å²) in [5, 5.41) is 13.7. The number of H-pyrrole nitrogens is 1. The summed E-state index contributed by atoms with van der Waals surface area (Å²) >= 11 is 0. The lowest BCUT2D eigenvalue weighted by molar-refractivity contribution is -0.148. The van der Waals surface area contributed by atoms with Crippen LogP contribution in [0.1, 0.15) is 25.7 Å². The Morgan fingerprint density at radius 3 is 2.75 bits per heavy atom. The van der Waals surface area contributed by atoms with Crippen LogP contribution in [0.2, 0.25) is 0 Å². The summed E-state index contributed by atoms with van der Waals surface area (Å²) in [6.45, 7) is 0. The van der Waals surface area contributed by atoms with Crippen molar-refractivity contribution in [2.45, 2.75) is 31.7 Å². The first-order valence-corrected chi connectivity index (χ1v) is 9.54. The number of carboxylic acid groups (broad SMARTS) is 1. The van der Waals surface area contributed by atoms with Crippen LogP contribution in [0.25, 0.3) is 22.3 Å². The Hall–Kier alpha value is -3.03. The number of aromatic nitrogens is 4. The first-order valence-electron chi connectivity index (χ1n) is 9.54. The van der Waals surface area contributed by atoms with Gasteiger partial charge in [-0.1, -0.05) is 0 Å². The number of carbonyl (C=O) groups is 1. The molecular formula is C20H20FN5O2. The summed E-state index contributed by atoms with van der Waals surface area (Å²) in [6.07, 6.45) is 10.2. The van der Waals surface area contributed by atoms with Crippen molar-refractivity contribution >= 4 is 22.8 Å². The van der Waals surface area contributed by atoms with Gasteiger partial charge in [0.25, 0.3) is 0 Å². The van der Waals surface area contributed by atoms with Crippen molar-refractivity contribution in [3.63, 3.8) is 0 Å². The molecule has 2 bridgehead atoms. The lowest BCUT2D eigenvalue weighted by Crippen LogP contribution is -2.51. The number of carboxylic acids is 1. The van der Waals surface area contributed by atoms with Crippen molar-refractivity contribution in [1.29, 1.82) is 0 Å². The average Bonchev–Trinajstić information content (AvgIpc) is 3.12.